The Morgan fingerprint density at radius 3 is 2.00 bits per heavy atom. The highest BCUT2D eigenvalue weighted by Crippen LogP contribution is 2.25. The van der Waals surface area contributed by atoms with Gasteiger partial charge in [-0.3, -0.25) is 13.9 Å². The van der Waals surface area contributed by atoms with Gasteiger partial charge in [0.15, 0.2) is 0 Å². The van der Waals surface area contributed by atoms with Gasteiger partial charge in [0, 0.05) is 12.6 Å². The van der Waals surface area contributed by atoms with Gasteiger partial charge in [0.2, 0.25) is 11.8 Å². The maximum Gasteiger partial charge on any atom is 0.264 e. The van der Waals surface area contributed by atoms with Crippen LogP contribution < -0.4 is 9.62 Å². The van der Waals surface area contributed by atoms with Crippen LogP contribution in [0, 0.1) is 6.92 Å². The molecule has 0 bridgehead atoms. The number of carbonyl (C=O) groups is 2. The number of hydrogen-bond donors (Lipinski definition) is 1. The molecule has 0 aliphatic carbocycles. The van der Waals surface area contributed by atoms with Gasteiger partial charge in [0.05, 0.1) is 10.6 Å². The SMILES string of the molecule is CCc1ccc(N(CC(=O)N(Cc2ccc(C)cc2)[C@H](C)C(=O)N[C@H](C)CC)S(=O)(=O)c2ccccc2)cc1. The Labute approximate surface area is 232 Å². The molecule has 0 spiro atoms. The van der Waals surface area contributed by atoms with E-state index in [0.717, 1.165) is 33.8 Å². The summed E-state index contributed by atoms with van der Waals surface area (Å²) in [7, 11) is -4.06. The summed E-state index contributed by atoms with van der Waals surface area (Å²) in [5.41, 5.74) is 3.37. The Hall–Kier alpha value is -3.65. The lowest BCUT2D eigenvalue weighted by atomic mass is 10.1. The number of nitrogens with one attached hydrogen (secondary N) is 1. The molecule has 0 heterocycles. The summed E-state index contributed by atoms with van der Waals surface area (Å²) < 4.78 is 28.7. The number of hydrogen-bond acceptors (Lipinski definition) is 4. The van der Waals surface area contributed by atoms with Crippen LogP contribution in [0.2, 0.25) is 0 Å². The molecule has 0 saturated carbocycles. The zero-order valence-electron chi connectivity index (χ0n) is 23.4. The van der Waals surface area contributed by atoms with Gasteiger partial charge in [-0.15, -0.1) is 0 Å². The van der Waals surface area contributed by atoms with Gasteiger partial charge in [0.25, 0.3) is 10.0 Å². The fourth-order valence-corrected chi connectivity index (χ4v) is 5.52. The second-order valence-corrected chi connectivity index (χ2v) is 11.7. The molecular weight excluding hydrogens is 510 g/mol. The summed E-state index contributed by atoms with van der Waals surface area (Å²) in [6.45, 7) is 9.27. The molecule has 0 aliphatic heterocycles. The second-order valence-electron chi connectivity index (χ2n) is 9.85. The Bertz CT molecular complexity index is 1340. The van der Waals surface area contributed by atoms with Crippen molar-refractivity contribution in [2.24, 2.45) is 0 Å². The molecule has 2 atom stereocenters. The molecule has 0 radical (unpaired) electrons. The first-order chi connectivity index (χ1) is 18.6. The van der Waals surface area contributed by atoms with Crippen LogP contribution in [0.15, 0.2) is 83.8 Å². The van der Waals surface area contributed by atoms with E-state index in [0.29, 0.717) is 5.69 Å². The van der Waals surface area contributed by atoms with Crippen molar-refractivity contribution in [3.05, 3.63) is 95.6 Å². The predicted octanol–water partition coefficient (Wildman–Crippen LogP) is 5.08. The van der Waals surface area contributed by atoms with Crippen molar-refractivity contribution in [1.82, 2.24) is 10.2 Å². The topological polar surface area (TPSA) is 86.8 Å². The molecule has 1 N–H and O–H groups in total. The van der Waals surface area contributed by atoms with Crippen molar-refractivity contribution in [2.75, 3.05) is 10.8 Å². The number of nitrogens with zero attached hydrogens (tertiary/aromatic N) is 2. The highest BCUT2D eigenvalue weighted by molar-refractivity contribution is 7.92. The van der Waals surface area contributed by atoms with Crippen LogP contribution in [0.4, 0.5) is 5.69 Å². The van der Waals surface area contributed by atoms with Gasteiger partial charge in [-0.2, -0.15) is 0 Å². The standard InChI is InChI=1S/C31H39N3O4S/c1-6-24(4)32-31(36)25(5)33(21-27-15-13-23(3)14-16-27)30(35)22-34(28-19-17-26(7-2)18-20-28)39(37,38)29-11-9-8-10-12-29/h8-20,24-25H,6-7,21-22H2,1-5H3,(H,32,36)/t24-,25-/m1/s1. The van der Waals surface area contributed by atoms with E-state index >= 15 is 0 Å². The van der Waals surface area contributed by atoms with Crippen LogP contribution in [0.3, 0.4) is 0 Å². The van der Waals surface area contributed by atoms with Crippen molar-refractivity contribution in [3.63, 3.8) is 0 Å². The molecular formula is C31H39N3O4S. The summed E-state index contributed by atoms with van der Waals surface area (Å²) in [6, 6.07) is 22.1. The van der Waals surface area contributed by atoms with E-state index in [2.05, 4.69) is 5.32 Å². The molecule has 8 heteroatoms. The summed E-state index contributed by atoms with van der Waals surface area (Å²) in [6.07, 6.45) is 1.55. The lowest BCUT2D eigenvalue weighted by molar-refractivity contribution is -0.139. The van der Waals surface area contributed by atoms with Crippen LogP contribution >= 0.6 is 0 Å². The van der Waals surface area contributed by atoms with Crippen molar-refractivity contribution in [2.45, 2.75) is 71.0 Å². The molecule has 0 unspecified atom stereocenters. The van der Waals surface area contributed by atoms with Gasteiger partial charge < -0.3 is 10.2 Å². The van der Waals surface area contributed by atoms with Gasteiger partial charge in [0.1, 0.15) is 12.6 Å². The van der Waals surface area contributed by atoms with Gasteiger partial charge in [-0.05, 0) is 69.0 Å². The van der Waals surface area contributed by atoms with Crippen LogP contribution in [0.1, 0.15) is 50.8 Å². The van der Waals surface area contributed by atoms with Crippen LogP contribution in [0.5, 0.6) is 0 Å². The lowest BCUT2D eigenvalue weighted by Crippen LogP contribution is -2.52. The first-order valence-electron chi connectivity index (χ1n) is 13.4. The Morgan fingerprint density at radius 1 is 0.846 bits per heavy atom. The lowest BCUT2D eigenvalue weighted by Gasteiger charge is -2.32. The highest BCUT2D eigenvalue weighted by Gasteiger charge is 2.32. The fourth-order valence-electron chi connectivity index (χ4n) is 4.08. The Balaban J connectivity index is 2.01. The van der Waals surface area contributed by atoms with Crippen molar-refractivity contribution in [1.29, 1.82) is 0 Å². The van der Waals surface area contributed by atoms with E-state index in [1.807, 2.05) is 64.1 Å². The first kappa shape index (κ1) is 29.9. The van der Waals surface area contributed by atoms with Crippen molar-refractivity contribution >= 4 is 27.5 Å². The summed E-state index contributed by atoms with van der Waals surface area (Å²) >= 11 is 0. The third kappa shape index (κ3) is 7.69. The van der Waals surface area contributed by atoms with E-state index in [1.165, 1.54) is 17.0 Å². The third-order valence-electron chi connectivity index (χ3n) is 6.88. The first-order valence-corrected chi connectivity index (χ1v) is 14.8. The molecule has 0 fully saturated rings. The molecule has 3 aromatic carbocycles. The highest BCUT2D eigenvalue weighted by atomic mass is 32.2. The van der Waals surface area contributed by atoms with Crippen LogP contribution in [-0.4, -0.2) is 43.8 Å². The number of benzene rings is 3. The number of anilines is 1. The van der Waals surface area contributed by atoms with E-state index < -0.39 is 28.5 Å². The molecule has 7 nitrogen and oxygen atoms in total. The second kappa shape index (κ2) is 13.4. The number of rotatable bonds is 12. The average Bonchev–Trinajstić information content (AvgIpc) is 2.95. The van der Waals surface area contributed by atoms with E-state index in [9.17, 15) is 18.0 Å². The van der Waals surface area contributed by atoms with Gasteiger partial charge in [-0.25, -0.2) is 8.42 Å². The molecule has 208 valence electrons. The molecule has 3 aromatic rings. The van der Waals surface area contributed by atoms with Crippen molar-refractivity contribution in [3.8, 4) is 0 Å². The zero-order chi connectivity index (χ0) is 28.6. The largest absolute Gasteiger partial charge is 0.352 e. The number of aryl methyl sites for hydroxylation is 2. The minimum absolute atomic E-state index is 0.0525. The minimum atomic E-state index is -4.06. The third-order valence-corrected chi connectivity index (χ3v) is 8.67. The Kier molecular flexibility index (Phi) is 10.3. The Morgan fingerprint density at radius 2 is 1.44 bits per heavy atom. The molecule has 0 saturated heterocycles. The fraction of sp³-hybridized carbons (Fsp3) is 0.355. The van der Waals surface area contributed by atoms with Gasteiger partial charge >= 0.3 is 0 Å². The summed E-state index contributed by atoms with van der Waals surface area (Å²) in [5, 5.41) is 2.95. The summed E-state index contributed by atoms with van der Waals surface area (Å²) in [5.74, 6) is -0.754. The van der Waals surface area contributed by atoms with Crippen molar-refractivity contribution < 1.29 is 18.0 Å². The quantitative estimate of drug-likeness (QED) is 0.341. The van der Waals surface area contributed by atoms with E-state index in [-0.39, 0.29) is 23.4 Å². The molecule has 39 heavy (non-hydrogen) atoms. The molecule has 3 rings (SSSR count). The normalized spacial score (nSPS) is 12.8. The number of amides is 2. The number of carbonyl (C=O) groups excluding carboxylic acids is 2. The number of sulfonamides is 1. The van der Waals surface area contributed by atoms with E-state index in [4.69, 9.17) is 0 Å². The smallest absolute Gasteiger partial charge is 0.264 e. The minimum Gasteiger partial charge on any atom is -0.352 e. The maximum atomic E-state index is 13.9. The van der Waals surface area contributed by atoms with Crippen LogP contribution in [-0.2, 0) is 32.6 Å². The predicted molar refractivity (Wildman–Crippen MR) is 156 cm³/mol. The molecule has 0 aromatic heterocycles. The maximum absolute atomic E-state index is 13.9. The average molecular weight is 550 g/mol. The zero-order valence-corrected chi connectivity index (χ0v) is 24.2. The van der Waals surface area contributed by atoms with Gasteiger partial charge in [-0.1, -0.05) is 74.0 Å². The molecule has 0 aliphatic rings. The van der Waals surface area contributed by atoms with Crippen LogP contribution in [0.25, 0.3) is 0 Å². The monoisotopic (exact) mass is 549 g/mol. The molecule has 2 amide bonds. The summed E-state index contributed by atoms with van der Waals surface area (Å²) in [4.78, 5) is 28.6. The van der Waals surface area contributed by atoms with E-state index in [1.54, 1.807) is 37.3 Å².